The van der Waals surface area contributed by atoms with Gasteiger partial charge in [-0.15, -0.1) is 23.2 Å². The van der Waals surface area contributed by atoms with E-state index in [4.69, 9.17) is 23.2 Å². The van der Waals surface area contributed by atoms with Gasteiger partial charge in [0.2, 0.25) is 0 Å². The SMILES string of the molecule is CC(Cl)c1ncc(Br)cc1CCl. The Morgan fingerprint density at radius 3 is 2.83 bits per heavy atom. The lowest BCUT2D eigenvalue weighted by atomic mass is 10.2. The fraction of sp³-hybridized carbons (Fsp3) is 0.375. The first-order valence-electron chi connectivity index (χ1n) is 3.49. The minimum absolute atomic E-state index is 0.0909. The lowest BCUT2D eigenvalue weighted by Crippen LogP contribution is -1.96. The summed E-state index contributed by atoms with van der Waals surface area (Å²) in [6, 6.07) is 1.94. The molecule has 0 saturated carbocycles. The second-order valence-electron chi connectivity index (χ2n) is 2.45. The molecule has 0 amide bonds. The van der Waals surface area contributed by atoms with Crippen molar-refractivity contribution in [2.45, 2.75) is 18.2 Å². The molecule has 1 aromatic heterocycles. The largest absolute Gasteiger partial charge is 0.258 e. The number of hydrogen-bond donors (Lipinski definition) is 0. The molecule has 0 fully saturated rings. The predicted molar refractivity (Wildman–Crippen MR) is 55.8 cm³/mol. The quantitative estimate of drug-likeness (QED) is 0.742. The van der Waals surface area contributed by atoms with Crippen molar-refractivity contribution in [1.82, 2.24) is 4.98 Å². The van der Waals surface area contributed by atoms with Gasteiger partial charge in [0.25, 0.3) is 0 Å². The normalized spacial score (nSPS) is 13.0. The molecule has 1 heterocycles. The molecule has 0 bridgehead atoms. The Morgan fingerprint density at radius 2 is 2.33 bits per heavy atom. The highest BCUT2D eigenvalue weighted by Gasteiger charge is 2.08. The first kappa shape index (κ1) is 10.3. The molecule has 0 radical (unpaired) electrons. The van der Waals surface area contributed by atoms with Gasteiger partial charge in [-0.25, -0.2) is 0 Å². The molecule has 0 N–H and O–H groups in total. The van der Waals surface area contributed by atoms with Gasteiger partial charge in [0.15, 0.2) is 0 Å². The first-order valence-corrected chi connectivity index (χ1v) is 5.26. The van der Waals surface area contributed by atoms with Crippen molar-refractivity contribution in [3.8, 4) is 0 Å². The molecule has 4 heteroatoms. The van der Waals surface area contributed by atoms with Gasteiger partial charge in [0.1, 0.15) is 0 Å². The number of pyridine rings is 1. The summed E-state index contributed by atoms with van der Waals surface area (Å²) in [4.78, 5) is 4.19. The minimum Gasteiger partial charge on any atom is -0.258 e. The van der Waals surface area contributed by atoms with E-state index >= 15 is 0 Å². The lowest BCUT2D eigenvalue weighted by Gasteiger charge is -2.07. The van der Waals surface area contributed by atoms with Crippen molar-refractivity contribution in [3.63, 3.8) is 0 Å². The van der Waals surface area contributed by atoms with Crippen molar-refractivity contribution in [3.05, 3.63) is 28.0 Å². The van der Waals surface area contributed by atoms with Crippen molar-refractivity contribution in [1.29, 1.82) is 0 Å². The van der Waals surface area contributed by atoms with Crippen molar-refractivity contribution in [2.75, 3.05) is 0 Å². The van der Waals surface area contributed by atoms with Crippen LogP contribution in [0.5, 0.6) is 0 Å². The van der Waals surface area contributed by atoms with E-state index in [0.29, 0.717) is 5.88 Å². The molecule has 0 spiro atoms. The molecule has 66 valence electrons. The number of halogens is 3. The van der Waals surface area contributed by atoms with Crippen LogP contribution in [0.3, 0.4) is 0 Å². The predicted octanol–water partition coefficient (Wildman–Crippen LogP) is 3.88. The van der Waals surface area contributed by atoms with E-state index in [2.05, 4.69) is 20.9 Å². The number of rotatable bonds is 2. The Kier molecular flexibility index (Phi) is 3.81. The van der Waals surface area contributed by atoms with Gasteiger partial charge in [-0.2, -0.15) is 0 Å². The van der Waals surface area contributed by atoms with E-state index in [1.165, 1.54) is 0 Å². The Morgan fingerprint density at radius 1 is 1.67 bits per heavy atom. The van der Waals surface area contributed by atoms with E-state index in [1.54, 1.807) is 6.20 Å². The summed E-state index contributed by atoms with van der Waals surface area (Å²) in [5.74, 6) is 0.443. The van der Waals surface area contributed by atoms with Gasteiger partial charge < -0.3 is 0 Å². The summed E-state index contributed by atoms with van der Waals surface area (Å²) >= 11 is 15.0. The second-order valence-corrected chi connectivity index (χ2v) is 4.29. The van der Waals surface area contributed by atoms with Gasteiger partial charge in [0, 0.05) is 16.5 Å². The van der Waals surface area contributed by atoms with Crippen LogP contribution in [-0.2, 0) is 5.88 Å². The molecule has 0 aliphatic rings. The van der Waals surface area contributed by atoms with Crippen LogP contribution >= 0.6 is 39.1 Å². The summed E-state index contributed by atoms with van der Waals surface area (Å²) in [5, 5.41) is -0.0909. The Labute approximate surface area is 90.2 Å². The second kappa shape index (κ2) is 4.45. The van der Waals surface area contributed by atoms with Gasteiger partial charge in [0.05, 0.1) is 11.1 Å². The van der Waals surface area contributed by atoms with Crippen LogP contribution in [0.15, 0.2) is 16.7 Å². The maximum Gasteiger partial charge on any atom is 0.0732 e. The molecular formula is C8H8BrCl2N. The summed E-state index contributed by atoms with van der Waals surface area (Å²) in [7, 11) is 0. The fourth-order valence-corrected chi connectivity index (χ4v) is 1.75. The highest BCUT2D eigenvalue weighted by Crippen LogP contribution is 2.24. The highest BCUT2D eigenvalue weighted by atomic mass is 79.9. The van der Waals surface area contributed by atoms with E-state index in [9.17, 15) is 0 Å². The van der Waals surface area contributed by atoms with Crippen molar-refractivity contribution >= 4 is 39.1 Å². The first-order chi connectivity index (χ1) is 5.65. The van der Waals surface area contributed by atoms with Gasteiger partial charge in [-0.3, -0.25) is 4.98 Å². The molecule has 0 saturated heterocycles. The molecule has 1 nitrogen and oxygen atoms in total. The third-order valence-electron chi connectivity index (χ3n) is 1.49. The topological polar surface area (TPSA) is 12.9 Å². The zero-order valence-electron chi connectivity index (χ0n) is 6.52. The van der Waals surface area contributed by atoms with E-state index in [-0.39, 0.29) is 5.38 Å². The number of nitrogens with zero attached hydrogens (tertiary/aromatic N) is 1. The number of hydrogen-bond acceptors (Lipinski definition) is 1. The maximum absolute atomic E-state index is 5.90. The van der Waals surface area contributed by atoms with Crippen LogP contribution in [0.25, 0.3) is 0 Å². The number of aromatic nitrogens is 1. The average molecular weight is 269 g/mol. The average Bonchev–Trinajstić information content (AvgIpc) is 2.03. The van der Waals surface area contributed by atoms with Crippen molar-refractivity contribution in [2.24, 2.45) is 0 Å². The molecule has 12 heavy (non-hydrogen) atoms. The summed E-state index contributed by atoms with van der Waals surface area (Å²) in [6.45, 7) is 1.88. The van der Waals surface area contributed by atoms with E-state index in [0.717, 1.165) is 15.7 Å². The molecule has 1 atom stereocenters. The van der Waals surface area contributed by atoms with Gasteiger partial charge in [-0.1, -0.05) is 0 Å². The third-order valence-corrected chi connectivity index (χ3v) is 2.42. The molecule has 0 aliphatic heterocycles. The van der Waals surface area contributed by atoms with Crippen LogP contribution in [0.4, 0.5) is 0 Å². The van der Waals surface area contributed by atoms with Gasteiger partial charge >= 0.3 is 0 Å². The van der Waals surface area contributed by atoms with Crippen LogP contribution in [0.2, 0.25) is 0 Å². The van der Waals surface area contributed by atoms with Crippen LogP contribution in [0, 0.1) is 0 Å². The van der Waals surface area contributed by atoms with Crippen molar-refractivity contribution < 1.29 is 0 Å². The third kappa shape index (κ3) is 2.35. The van der Waals surface area contributed by atoms with Gasteiger partial charge in [-0.05, 0) is 34.5 Å². The Hall–Kier alpha value is 0.210. The Bertz CT molecular complexity index is 276. The Balaban J connectivity index is 3.11. The minimum atomic E-state index is -0.0909. The monoisotopic (exact) mass is 267 g/mol. The van der Waals surface area contributed by atoms with Crippen LogP contribution in [0.1, 0.15) is 23.6 Å². The van der Waals surface area contributed by atoms with E-state index < -0.39 is 0 Å². The van der Waals surface area contributed by atoms with Crippen LogP contribution in [-0.4, -0.2) is 4.98 Å². The molecule has 0 aromatic carbocycles. The standard InChI is InChI=1S/C8H8BrCl2N/c1-5(11)8-6(3-10)2-7(9)4-12-8/h2,4-5H,3H2,1H3. The molecule has 1 aromatic rings. The molecule has 1 rings (SSSR count). The lowest BCUT2D eigenvalue weighted by molar-refractivity contribution is 0.963. The fourth-order valence-electron chi connectivity index (χ4n) is 0.957. The maximum atomic E-state index is 5.90. The molecular weight excluding hydrogens is 261 g/mol. The zero-order valence-corrected chi connectivity index (χ0v) is 9.62. The number of alkyl halides is 2. The van der Waals surface area contributed by atoms with E-state index in [1.807, 2.05) is 13.0 Å². The van der Waals surface area contributed by atoms with Crippen LogP contribution < -0.4 is 0 Å². The zero-order chi connectivity index (χ0) is 9.14. The summed E-state index contributed by atoms with van der Waals surface area (Å²) < 4.78 is 0.930. The molecule has 1 unspecified atom stereocenters. The summed E-state index contributed by atoms with van der Waals surface area (Å²) in [5.41, 5.74) is 1.84. The summed E-state index contributed by atoms with van der Waals surface area (Å²) in [6.07, 6.45) is 1.73. The highest BCUT2D eigenvalue weighted by molar-refractivity contribution is 9.10. The molecule has 0 aliphatic carbocycles. The smallest absolute Gasteiger partial charge is 0.0732 e.